The minimum absolute atomic E-state index is 0.0238. The number of thioether (sulfide) groups is 1. The molecule has 30 heavy (non-hydrogen) atoms. The van der Waals surface area contributed by atoms with Crippen molar-refractivity contribution in [3.63, 3.8) is 0 Å². The molecule has 2 saturated heterocycles. The second-order valence-corrected chi connectivity index (χ2v) is 8.71. The highest BCUT2D eigenvalue weighted by Gasteiger charge is 2.40. The van der Waals surface area contributed by atoms with Crippen molar-refractivity contribution in [2.24, 2.45) is 4.99 Å². The molecular formula is C23H25N3O3S. The maximum Gasteiger partial charge on any atom is 0.242 e. The summed E-state index contributed by atoms with van der Waals surface area (Å²) in [5, 5.41) is 3.03. The molecule has 2 atom stereocenters. The molecule has 1 N–H and O–H groups in total. The number of carbonyl (C=O) groups is 2. The first-order chi connectivity index (χ1) is 14.6. The van der Waals surface area contributed by atoms with E-state index in [0.717, 1.165) is 36.4 Å². The van der Waals surface area contributed by atoms with Gasteiger partial charge in [-0.2, -0.15) is 0 Å². The number of para-hydroxylation sites is 1. The van der Waals surface area contributed by atoms with Crippen LogP contribution in [0.5, 0.6) is 0 Å². The Labute approximate surface area is 180 Å². The van der Waals surface area contributed by atoms with Gasteiger partial charge in [-0.3, -0.25) is 14.5 Å². The van der Waals surface area contributed by atoms with E-state index in [4.69, 9.17) is 4.74 Å². The molecule has 2 aliphatic rings. The Balaban J connectivity index is 1.47. The summed E-state index contributed by atoms with van der Waals surface area (Å²) in [4.78, 5) is 32.0. The van der Waals surface area contributed by atoms with E-state index >= 15 is 0 Å². The van der Waals surface area contributed by atoms with Gasteiger partial charge in [-0.1, -0.05) is 47.7 Å². The Bertz CT molecular complexity index is 924. The van der Waals surface area contributed by atoms with E-state index in [-0.39, 0.29) is 24.3 Å². The molecule has 2 fully saturated rings. The van der Waals surface area contributed by atoms with Crippen LogP contribution in [0.2, 0.25) is 0 Å². The van der Waals surface area contributed by atoms with Crippen LogP contribution in [0.25, 0.3) is 0 Å². The van der Waals surface area contributed by atoms with Gasteiger partial charge >= 0.3 is 0 Å². The lowest BCUT2D eigenvalue weighted by Crippen LogP contribution is -2.38. The number of hydrogen-bond donors (Lipinski definition) is 1. The molecule has 0 saturated carbocycles. The quantitative estimate of drug-likeness (QED) is 0.758. The molecule has 0 aliphatic carbocycles. The minimum atomic E-state index is -0.487. The number of aliphatic imine (C=N–C) groups is 1. The molecule has 0 radical (unpaired) electrons. The van der Waals surface area contributed by atoms with Gasteiger partial charge in [0.1, 0.15) is 5.25 Å². The zero-order chi connectivity index (χ0) is 20.9. The number of ether oxygens (including phenoxy) is 1. The Morgan fingerprint density at radius 2 is 1.97 bits per heavy atom. The van der Waals surface area contributed by atoms with Crippen LogP contribution in [0, 0.1) is 6.92 Å². The van der Waals surface area contributed by atoms with E-state index in [9.17, 15) is 9.59 Å². The molecule has 0 spiro atoms. The number of carbonyl (C=O) groups excluding carboxylic acids is 2. The molecule has 2 aromatic rings. The van der Waals surface area contributed by atoms with Crippen LogP contribution in [0.3, 0.4) is 0 Å². The second kappa shape index (κ2) is 9.45. The minimum Gasteiger partial charge on any atom is -0.376 e. The predicted molar refractivity (Wildman–Crippen MR) is 120 cm³/mol. The van der Waals surface area contributed by atoms with Crippen LogP contribution >= 0.6 is 11.8 Å². The van der Waals surface area contributed by atoms with Crippen LogP contribution in [-0.4, -0.2) is 46.4 Å². The number of benzene rings is 2. The zero-order valence-electron chi connectivity index (χ0n) is 16.9. The lowest BCUT2D eigenvalue weighted by Gasteiger charge is -2.20. The zero-order valence-corrected chi connectivity index (χ0v) is 17.7. The van der Waals surface area contributed by atoms with Crippen molar-refractivity contribution in [3.8, 4) is 0 Å². The lowest BCUT2D eigenvalue weighted by molar-refractivity contribution is -0.129. The fraction of sp³-hybridized carbons (Fsp3) is 0.348. The third kappa shape index (κ3) is 5.09. The van der Waals surface area contributed by atoms with E-state index < -0.39 is 5.25 Å². The first-order valence-corrected chi connectivity index (χ1v) is 11.1. The molecule has 7 heteroatoms. The molecule has 0 aromatic heterocycles. The van der Waals surface area contributed by atoms with E-state index in [1.165, 1.54) is 11.8 Å². The number of amides is 2. The van der Waals surface area contributed by atoms with Gasteiger partial charge in [0.2, 0.25) is 11.8 Å². The molecule has 0 bridgehead atoms. The van der Waals surface area contributed by atoms with Crippen molar-refractivity contribution < 1.29 is 14.3 Å². The summed E-state index contributed by atoms with van der Waals surface area (Å²) >= 11 is 1.36. The highest BCUT2D eigenvalue weighted by atomic mass is 32.2. The molecule has 2 amide bonds. The molecule has 0 unspecified atom stereocenters. The Morgan fingerprint density at radius 1 is 1.20 bits per heavy atom. The lowest BCUT2D eigenvalue weighted by atomic mass is 10.2. The van der Waals surface area contributed by atoms with Crippen LogP contribution < -0.4 is 5.32 Å². The van der Waals surface area contributed by atoms with Gasteiger partial charge in [0.05, 0.1) is 18.3 Å². The van der Waals surface area contributed by atoms with E-state index in [2.05, 4.69) is 10.3 Å². The molecular weight excluding hydrogens is 398 g/mol. The summed E-state index contributed by atoms with van der Waals surface area (Å²) in [6.07, 6.45) is 2.07. The number of aryl methyl sites for hydroxylation is 1. The van der Waals surface area contributed by atoms with Crippen molar-refractivity contribution in [1.29, 1.82) is 0 Å². The van der Waals surface area contributed by atoms with Gasteiger partial charge in [-0.25, -0.2) is 4.99 Å². The standard InChI is InChI=1S/C23H25N3O3S/c1-16-9-11-18(12-10-16)24-21(27)14-20-22(28)26(15-19-8-5-13-29-19)23(30-20)25-17-6-3-2-4-7-17/h2-4,6-7,9-12,19-20H,5,8,13-15H2,1H3,(H,24,27)/t19-,20+/m1/s1. The van der Waals surface area contributed by atoms with Crippen molar-refractivity contribution in [2.75, 3.05) is 18.5 Å². The highest BCUT2D eigenvalue weighted by molar-refractivity contribution is 8.15. The molecule has 2 aliphatic heterocycles. The van der Waals surface area contributed by atoms with Crippen molar-refractivity contribution in [1.82, 2.24) is 4.90 Å². The van der Waals surface area contributed by atoms with Crippen LogP contribution in [0.4, 0.5) is 11.4 Å². The normalized spacial score (nSPS) is 22.6. The molecule has 4 rings (SSSR count). The first-order valence-electron chi connectivity index (χ1n) is 10.2. The van der Waals surface area contributed by atoms with Gasteiger partial charge in [-0.15, -0.1) is 0 Å². The Morgan fingerprint density at radius 3 is 2.67 bits per heavy atom. The molecule has 2 heterocycles. The molecule has 156 valence electrons. The van der Waals surface area contributed by atoms with E-state index in [0.29, 0.717) is 11.7 Å². The average Bonchev–Trinajstić information content (AvgIpc) is 3.35. The summed E-state index contributed by atoms with van der Waals surface area (Å²) in [6, 6.07) is 17.2. The summed E-state index contributed by atoms with van der Waals surface area (Å²) in [6.45, 7) is 3.21. The number of nitrogens with zero attached hydrogens (tertiary/aromatic N) is 2. The number of nitrogens with one attached hydrogen (secondary N) is 1. The van der Waals surface area contributed by atoms with Crippen LogP contribution in [0.1, 0.15) is 24.8 Å². The van der Waals surface area contributed by atoms with Crippen molar-refractivity contribution in [3.05, 3.63) is 60.2 Å². The van der Waals surface area contributed by atoms with Crippen molar-refractivity contribution in [2.45, 2.75) is 37.5 Å². The van der Waals surface area contributed by atoms with Crippen LogP contribution in [0.15, 0.2) is 59.6 Å². The third-order valence-corrected chi connectivity index (χ3v) is 6.29. The SMILES string of the molecule is Cc1ccc(NC(=O)C[C@@H]2SC(=Nc3ccccc3)N(C[C@H]3CCCO3)C2=O)cc1. The van der Waals surface area contributed by atoms with Crippen LogP contribution in [-0.2, 0) is 14.3 Å². The maximum atomic E-state index is 13.1. The average molecular weight is 424 g/mol. The Hall–Kier alpha value is -2.64. The van der Waals surface area contributed by atoms with E-state index in [1.54, 1.807) is 4.90 Å². The largest absolute Gasteiger partial charge is 0.376 e. The predicted octanol–water partition coefficient (Wildman–Crippen LogP) is 4.13. The van der Waals surface area contributed by atoms with Gasteiger partial charge in [0.25, 0.3) is 0 Å². The molecule has 2 aromatic carbocycles. The van der Waals surface area contributed by atoms with Gasteiger partial charge in [0, 0.05) is 18.7 Å². The Kier molecular flexibility index (Phi) is 6.50. The number of amidine groups is 1. The highest BCUT2D eigenvalue weighted by Crippen LogP contribution is 2.33. The maximum absolute atomic E-state index is 13.1. The summed E-state index contributed by atoms with van der Waals surface area (Å²) in [5.41, 5.74) is 2.64. The summed E-state index contributed by atoms with van der Waals surface area (Å²) < 4.78 is 5.73. The van der Waals surface area contributed by atoms with Gasteiger partial charge in [0.15, 0.2) is 5.17 Å². The van der Waals surface area contributed by atoms with E-state index in [1.807, 2.05) is 61.5 Å². The number of anilines is 1. The third-order valence-electron chi connectivity index (χ3n) is 5.12. The fourth-order valence-electron chi connectivity index (χ4n) is 3.52. The number of rotatable bonds is 6. The topological polar surface area (TPSA) is 71.0 Å². The smallest absolute Gasteiger partial charge is 0.242 e. The summed E-state index contributed by atoms with van der Waals surface area (Å²) in [5.74, 6) is -0.257. The number of hydrogen-bond acceptors (Lipinski definition) is 5. The molecule has 6 nitrogen and oxygen atoms in total. The monoisotopic (exact) mass is 423 g/mol. The van der Waals surface area contributed by atoms with Gasteiger partial charge in [-0.05, 0) is 44.0 Å². The van der Waals surface area contributed by atoms with Gasteiger partial charge < -0.3 is 10.1 Å². The second-order valence-electron chi connectivity index (χ2n) is 7.54. The van der Waals surface area contributed by atoms with Crippen molar-refractivity contribution >= 4 is 40.1 Å². The summed E-state index contributed by atoms with van der Waals surface area (Å²) in [7, 11) is 0. The first kappa shape index (κ1) is 20.6. The fourth-order valence-corrected chi connectivity index (χ4v) is 4.68.